The van der Waals surface area contributed by atoms with Crippen LogP contribution in [0.3, 0.4) is 0 Å². The van der Waals surface area contributed by atoms with E-state index in [1.165, 1.54) is 12.8 Å². The van der Waals surface area contributed by atoms with Gasteiger partial charge in [0.25, 0.3) is 0 Å². The Balaban J connectivity index is 1.55. The van der Waals surface area contributed by atoms with E-state index in [0.717, 1.165) is 37.3 Å². The van der Waals surface area contributed by atoms with Crippen molar-refractivity contribution in [3.8, 4) is 0 Å². The maximum absolute atomic E-state index is 12.1. The normalized spacial score (nSPS) is 15.3. The minimum atomic E-state index is -0.404. The number of nitrogens with one attached hydrogen (secondary N) is 2. The van der Waals surface area contributed by atoms with Crippen molar-refractivity contribution >= 4 is 34.3 Å². The highest BCUT2D eigenvalue weighted by molar-refractivity contribution is 5.81. The monoisotopic (exact) mass is 394 g/mol. The number of rotatable bonds is 6. The molecule has 0 aliphatic carbocycles. The molecule has 1 aliphatic rings. The summed E-state index contributed by atoms with van der Waals surface area (Å²) in [6.45, 7) is 6.01. The number of benzene rings is 1. The van der Waals surface area contributed by atoms with E-state index in [4.69, 9.17) is 4.74 Å². The van der Waals surface area contributed by atoms with E-state index in [9.17, 15) is 4.79 Å². The molecule has 1 aromatic carbocycles. The van der Waals surface area contributed by atoms with Gasteiger partial charge < -0.3 is 24.8 Å². The Morgan fingerprint density at radius 1 is 1.24 bits per heavy atom. The summed E-state index contributed by atoms with van der Waals surface area (Å²) in [6, 6.07) is 9.80. The molecule has 0 amide bonds. The van der Waals surface area contributed by atoms with Crippen LogP contribution >= 0.6 is 0 Å². The van der Waals surface area contributed by atoms with Crippen LogP contribution in [0.5, 0.6) is 0 Å². The number of fused-ring (bicyclic) bond motifs is 1. The second kappa shape index (κ2) is 8.48. The van der Waals surface area contributed by atoms with Crippen LogP contribution < -0.4 is 15.5 Å². The lowest BCUT2D eigenvalue weighted by atomic mass is 10.2. The van der Waals surface area contributed by atoms with Crippen molar-refractivity contribution in [2.75, 3.05) is 43.5 Å². The SMILES string of the molecule is CCC(C(=O)OC)n1ccc2cnc(Nc3ccc(N4CCNCC4)cc3)nc21. The lowest BCUT2D eigenvalue weighted by molar-refractivity contribution is -0.144. The van der Waals surface area contributed by atoms with Crippen LogP contribution in [-0.2, 0) is 9.53 Å². The first-order chi connectivity index (χ1) is 14.2. The standard InChI is InChI=1S/C21H26N6O2/c1-3-18(20(28)29-2)27-11-8-15-14-23-21(25-19(15)27)24-16-4-6-17(7-5-16)26-12-9-22-10-13-26/h4-8,11,14,18,22H,3,9-10,12-13H2,1-2H3,(H,23,24,25). The number of ether oxygens (including phenoxy) is 1. The molecular formula is C21H26N6O2. The zero-order valence-corrected chi connectivity index (χ0v) is 16.8. The smallest absolute Gasteiger partial charge is 0.328 e. The van der Waals surface area contributed by atoms with E-state index in [-0.39, 0.29) is 5.97 Å². The summed E-state index contributed by atoms with van der Waals surface area (Å²) >= 11 is 0. The number of piperazine rings is 1. The number of hydrogen-bond donors (Lipinski definition) is 2. The van der Waals surface area contributed by atoms with Crippen molar-refractivity contribution in [2.24, 2.45) is 0 Å². The van der Waals surface area contributed by atoms with Gasteiger partial charge in [0.15, 0.2) is 0 Å². The first kappa shape index (κ1) is 19.2. The van der Waals surface area contributed by atoms with Crippen LogP contribution in [-0.4, -0.2) is 53.8 Å². The molecule has 0 spiro atoms. The summed E-state index contributed by atoms with van der Waals surface area (Å²) < 4.78 is 6.79. The molecule has 1 aliphatic heterocycles. The van der Waals surface area contributed by atoms with Gasteiger partial charge in [0, 0.05) is 55.3 Å². The van der Waals surface area contributed by atoms with Gasteiger partial charge in [-0.05, 0) is 36.8 Å². The number of anilines is 3. The molecule has 29 heavy (non-hydrogen) atoms. The molecule has 0 radical (unpaired) electrons. The fraction of sp³-hybridized carbons (Fsp3) is 0.381. The Morgan fingerprint density at radius 2 is 2.00 bits per heavy atom. The molecule has 4 rings (SSSR count). The Morgan fingerprint density at radius 3 is 2.69 bits per heavy atom. The lowest BCUT2D eigenvalue weighted by Crippen LogP contribution is -2.43. The highest BCUT2D eigenvalue weighted by Gasteiger charge is 2.21. The lowest BCUT2D eigenvalue weighted by Gasteiger charge is -2.29. The molecule has 3 aromatic rings. The van der Waals surface area contributed by atoms with Gasteiger partial charge in [-0.25, -0.2) is 9.78 Å². The van der Waals surface area contributed by atoms with Crippen LogP contribution in [0.25, 0.3) is 11.0 Å². The largest absolute Gasteiger partial charge is 0.467 e. The van der Waals surface area contributed by atoms with Crippen LogP contribution in [0, 0.1) is 0 Å². The third-order valence-corrected chi connectivity index (χ3v) is 5.26. The number of carbonyl (C=O) groups is 1. The molecule has 3 heterocycles. The number of esters is 1. The van der Waals surface area contributed by atoms with E-state index in [1.807, 2.05) is 35.9 Å². The molecule has 1 unspecified atom stereocenters. The molecule has 152 valence electrons. The molecule has 8 heteroatoms. The van der Waals surface area contributed by atoms with Crippen LogP contribution in [0.2, 0.25) is 0 Å². The van der Waals surface area contributed by atoms with E-state index >= 15 is 0 Å². The molecule has 0 bridgehead atoms. The molecule has 2 N–H and O–H groups in total. The van der Waals surface area contributed by atoms with E-state index in [2.05, 4.69) is 37.6 Å². The zero-order valence-electron chi connectivity index (χ0n) is 16.8. The molecule has 8 nitrogen and oxygen atoms in total. The number of carbonyl (C=O) groups excluding carboxylic acids is 1. The average Bonchev–Trinajstić information content (AvgIpc) is 3.18. The van der Waals surface area contributed by atoms with Crippen molar-refractivity contribution in [2.45, 2.75) is 19.4 Å². The first-order valence-corrected chi connectivity index (χ1v) is 9.93. The molecule has 1 atom stereocenters. The Labute approximate surface area is 169 Å². The first-order valence-electron chi connectivity index (χ1n) is 9.93. The van der Waals surface area contributed by atoms with Crippen molar-refractivity contribution in [1.29, 1.82) is 0 Å². The predicted octanol–water partition coefficient (Wildman–Crippen LogP) is 2.71. The second-order valence-electron chi connectivity index (χ2n) is 7.05. The number of hydrogen-bond acceptors (Lipinski definition) is 7. The number of aromatic nitrogens is 3. The molecule has 1 saturated heterocycles. The fourth-order valence-corrected chi connectivity index (χ4v) is 3.67. The number of methoxy groups -OCH3 is 1. The van der Waals surface area contributed by atoms with Crippen molar-refractivity contribution in [3.63, 3.8) is 0 Å². The molecular weight excluding hydrogens is 368 g/mol. The predicted molar refractivity (Wildman–Crippen MR) is 114 cm³/mol. The fourth-order valence-electron chi connectivity index (χ4n) is 3.67. The van der Waals surface area contributed by atoms with Crippen molar-refractivity contribution < 1.29 is 9.53 Å². The van der Waals surface area contributed by atoms with Crippen LogP contribution in [0.1, 0.15) is 19.4 Å². The van der Waals surface area contributed by atoms with Crippen molar-refractivity contribution in [3.05, 3.63) is 42.7 Å². The Kier molecular flexibility index (Phi) is 5.62. The van der Waals surface area contributed by atoms with Crippen molar-refractivity contribution in [1.82, 2.24) is 19.9 Å². The van der Waals surface area contributed by atoms with Gasteiger partial charge in [-0.2, -0.15) is 4.98 Å². The van der Waals surface area contributed by atoms with E-state index in [1.54, 1.807) is 6.20 Å². The summed E-state index contributed by atoms with van der Waals surface area (Å²) in [7, 11) is 1.41. The maximum Gasteiger partial charge on any atom is 0.328 e. The Bertz CT molecular complexity index is 979. The molecule has 0 saturated carbocycles. The molecule has 2 aromatic heterocycles. The maximum atomic E-state index is 12.1. The van der Waals surface area contributed by atoms with Crippen LogP contribution in [0.15, 0.2) is 42.7 Å². The quantitative estimate of drug-likeness (QED) is 0.622. The Hall–Kier alpha value is -3.13. The van der Waals surface area contributed by atoms with Gasteiger partial charge >= 0.3 is 5.97 Å². The highest BCUT2D eigenvalue weighted by atomic mass is 16.5. The van der Waals surface area contributed by atoms with Gasteiger partial charge in [-0.1, -0.05) is 6.92 Å². The summed E-state index contributed by atoms with van der Waals surface area (Å²) in [6.07, 6.45) is 4.24. The minimum Gasteiger partial charge on any atom is -0.467 e. The highest BCUT2D eigenvalue weighted by Crippen LogP contribution is 2.24. The zero-order chi connectivity index (χ0) is 20.2. The average molecular weight is 394 g/mol. The summed E-state index contributed by atoms with van der Waals surface area (Å²) in [5, 5.41) is 7.51. The van der Waals surface area contributed by atoms with E-state index < -0.39 is 6.04 Å². The number of nitrogens with zero attached hydrogens (tertiary/aromatic N) is 4. The second-order valence-corrected chi connectivity index (χ2v) is 7.05. The molecule has 1 fully saturated rings. The third-order valence-electron chi connectivity index (χ3n) is 5.26. The van der Waals surface area contributed by atoms with Crippen LogP contribution in [0.4, 0.5) is 17.3 Å². The summed E-state index contributed by atoms with van der Waals surface area (Å²) in [5.74, 6) is 0.216. The van der Waals surface area contributed by atoms with Gasteiger partial charge in [-0.15, -0.1) is 0 Å². The van der Waals surface area contributed by atoms with Gasteiger partial charge in [-0.3, -0.25) is 0 Å². The topological polar surface area (TPSA) is 84.3 Å². The van der Waals surface area contributed by atoms with Gasteiger partial charge in [0.2, 0.25) is 5.95 Å². The minimum absolute atomic E-state index is 0.276. The van der Waals surface area contributed by atoms with Gasteiger partial charge in [0.1, 0.15) is 11.7 Å². The summed E-state index contributed by atoms with van der Waals surface area (Å²) in [5.41, 5.74) is 2.84. The van der Waals surface area contributed by atoms with Gasteiger partial charge in [0.05, 0.1) is 7.11 Å². The summed E-state index contributed by atoms with van der Waals surface area (Å²) in [4.78, 5) is 23.5. The van der Waals surface area contributed by atoms with E-state index in [0.29, 0.717) is 18.0 Å². The third kappa shape index (κ3) is 4.02.